The van der Waals surface area contributed by atoms with E-state index in [-0.39, 0.29) is 10.8 Å². The maximum absolute atomic E-state index is 12.6. The molecule has 1 aliphatic heterocycles. The van der Waals surface area contributed by atoms with Crippen molar-refractivity contribution in [3.63, 3.8) is 0 Å². The van der Waals surface area contributed by atoms with Crippen molar-refractivity contribution >= 4 is 63.2 Å². The highest BCUT2D eigenvalue weighted by Gasteiger charge is 2.38. The first-order chi connectivity index (χ1) is 12.5. The lowest BCUT2D eigenvalue weighted by Gasteiger charge is -2.01. The van der Waals surface area contributed by atoms with Crippen LogP contribution in [0.25, 0.3) is 17.4 Å². The van der Waals surface area contributed by atoms with E-state index in [1.165, 1.54) is 11.3 Å². The topological polar surface area (TPSA) is 67.0 Å². The van der Waals surface area contributed by atoms with Crippen molar-refractivity contribution in [1.82, 2.24) is 4.98 Å². The molecule has 130 valence electrons. The second kappa shape index (κ2) is 7.04. The van der Waals surface area contributed by atoms with Crippen LogP contribution in [0.5, 0.6) is 0 Å². The van der Waals surface area contributed by atoms with Gasteiger partial charge >= 0.3 is 0 Å². The number of hydrogen-bond acceptors (Lipinski definition) is 6. The molecule has 4 nitrogen and oxygen atoms in total. The zero-order valence-corrected chi connectivity index (χ0v) is 16.2. The number of carbonyl (C=O) groups excluding carboxylic acids is 1. The first-order valence-electron chi connectivity index (χ1n) is 7.50. The predicted octanol–water partition coefficient (Wildman–Crippen LogP) is 6.13. The average molecular weight is 421 g/mol. The largest absolute Gasteiger partial charge is 0.457 e. The molecule has 1 aromatic carbocycles. The Morgan fingerprint density at radius 3 is 2.77 bits per heavy atom. The number of nitrogens with one attached hydrogen (secondary N) is 1. The van der Waals surface area contributed by atoms with Gasteiger partial charge in [-0.15, -0.1) is 11.3 Å². The van der Waals surface area contributed by atoms with Crippen LogP contribution in [0.2, 0.25) is 10.0 Å². The summed E-state index contributed by atoms with van der Waals surface area (Å²) in [6, 6.07) is 8.83. The van der Waals surface area contributed by atoms with E-state index in [0.717, 1.165) is 17.3 Å². The Balaban J connectivity index is 1.61. The zero-order valence-electron chi connectivity index (χ0n) is 13.0. The second-order valence-electron chi connectivity index (χ2n) is 5.47. The van der Waals surface area contributed by atoms with Crippen LogP contribution < -0.4 is 0 Å². The first-order valence-corrected chi connectivity index (χ1v) is 9.95. The summed E-state index contributed by atoms with van der Waals surface area (Å²) in [7, 11) is 0. The Morgan fingerprint density at radius 1 is 1.19 bits per heavy atom. The number of carbonyl (C=O) groups is 1. The van der Waals surface area contributed by atoms with Gasteiger partial charge in [0, 0.05) is 17.1 Å². The Labute approximate surface area is 167 Å². The van der Waals surface area contributed by atoms with E-state index >= 15 is 0 Å². The molecule has 0 radical (unpaired) electrons. The first kappa shape index (κ1) is 17.5. The molecule has 1 aliphatic rings. The van der Waals surface area contributed by atoms with Gasteiger partial charge in [0.25, 0.3) is 0 Å². The Bertz CT molecular complexity index is 1040. The highest BCUT2D eigenvalue weighted by molar-refractivity contribution is 8.19. The number of furan rings is 1. The molecule has 1 saturated heterocycles. The number of rotatable bonds is 3. The van der Waals surface area contributed by atoms with Crippen LogP contribution in [0, 0.1) is 5.41 Å². The summed E-state index contributed by atoms with van der Waals surface area (Å²) < 4.78 is 5.81. The summed E-state index contributed by atoms with van der Waals surface area (Å²) in [5.74, 6) is 0.435. The van der Waals surface area contributed by atoms with Gasteiger partial charge in [-0.1, -0.05) is 35.0 Å². The van der Waals surface area contributed by atoms with Gasteiger partial charge in [0.2, 0.25) is 0 Å². The molecule has 0 amide bonds. The van der Waals surface area contributed by atoms with Crippen LogP contribution in [-0.2, 0) is 4.79 Å². The molecule has 0 saturated carbocycles. The summed E-state index contributed by atoms with van der Waals surface area (Å²) in [5, 5.41) is 11.8. The van der Waals surface area contributed by atoms with Crippen LogP contribution in [0.4, 0.5) is 0 Å². The predicted molar refractivity (Wildman–Crippen MR) is 107 cm³/mol. The molecule has 2 aromatic heterocycles. The number of benzene rings is 1. The van der Waals surface area contributed by atoms with Gasteiger partial charge in [-0.2, -0.15) is 0 Å². The monoisotopic (exact) mass is 420 g/mol. The van der Waals surface area contributed by atoms with Crippen LogP contribution in [0.1, 0.15) is 16.7 Å². The lowest BCUT2D eigenvalue weighted by atomic mass is 10.1. The van der Waals surface area contributed by atoms with Crippen molar-refractivity contribution in [3.05, 3.63) is 67.6 Å². The third kappa shape index (κ3) is 3.25. The molecule has 0 spiro atoms. The molecule has 0 unspecified atom stereocenters. The molecule has 0 aliphatic carbocycles. The second-order valence-corrected chi connectivity index (χ2v) is 8.30. The summed E-state index contributed by atoms with van der Waals surface area (Å²) >= 11 is 14.5. The number of allylic oxidation sites excluding steroid dienone is 1. The fourth-order valence-corrected chi connectivity index (χ4v) is 4.64. The number of nitrogens with zero attached hydrogens (tertiary/aromatic N) is 1. The number of thioether (sulfide) groups is 1. The van der Waals surface area contributed by atoms with Gasteiger partial charge in [0.1, 0.15) is 22.4 Å². The Kier molecular flexibility index (Phi) is 4.75. The molecule has 1 atom stereocenters. The zero-order chi connectivity index (χ0) is 18.3. The Hall–Kier alpha value is -1.86. The van der Waals surface area contributed by atoms with Crippen molar-refractivity contribution in [1.29, 1.82) is 5.41 Å². The third-order valence-electron chi connectivity index (χ3n) is 3.79. The van der Waals surface area contributed by atoms with Gasteiger partial charge in [0.15, 0.2) is 5.78 Å². The highest BCUT2D eigenvalue weighted by Crippen LogP contribution is 2.41. The van der Waals surface area contributed by atoms with Crippen molar-refractivity contribution < 1.29 is 9.21 Å². The van der Waals surface area contributed by atoms with E-state index < -0.39 is 5.92 Å². The third-order valence-corrected chi connectivity index (χ3v) is 6.36. The fraction of sp³-hybridized carbons (Fsp3) is 0.0556. The minimum Gasteiger partial charge on any atom is -0.457 e. The highest BCUT2D eigenvalue weighted by atomic mass is 35.5. The number of hydrogen-bond donors (Lipinski definition) is 1. The minimum atomic E-state index is -0.601. The molecule has 4 rings (SSSR count). The molecule has 0 bridgehead atoms. The number of Topliss-reactive ketones (excluding diaryl/α,β-unsaturated/α-hetero) is 1. The lowest BCUT2D eigenvalue weighted by molar-refractivity contribution is -0.114. The quantitative estimate of drug-likeness (QED) is 0.517. The van der Waals surface area contributed by atoms with Gasteiger partial charge in [-0.25, -0.2) is 4.98 Å². The lowest BCUT2D eigenvalue weighted by Crippen LogP contribution is -2.11. The van der Waals surface area contributed by atoms with E-state index in [1.54, 1.807) is 41.9 Å². The smallest absolute Gasteiger partial charge is 0.186 e. The summed E-state index contributed by atoms with van der Waals surface area (Å²) in [5.41, 5.74) is 0.794. The normalized spacial score (nSPS) is 18.8. The molecular weight excluding hydrogens is 411 g/mol. The average Bonchev–Trinajstić information content (AvgIpc) is 3.33. The fourth-order valence-electron chi connectivity index (χ4n) is 2.56. The van der Waals surface area contributed by atoms with E-state index in [9.17, 15) is 4.79 Å². The maximum Gasteiger partial charge on any atom is 0.186 e. The van der Waals surface area contributed by atoms with E-state index in [4.69, 9.17) is 33.0 Å². The number of ketones is 1. The SMILES string of the molecule is N=C1S/C(=C\c2ccc(-c3ccc(Cl)c(Cl)c3)o2)C(=O)[C@@H]1c1nccs1. The van der Waals surface area contributed by atoms with Crippen LogP contribution >= 0.6 is 46.3 Å². The molecule has 1 N–H and O–H groups in total. The van der Waals surface area contributed by atoms with Gasteiger partial charge in [-0.05, 0) is 36.4 Å². The van der Waals surface area contributed by atoms with Crippen LogP contribution in [0.15, 0.2) is 51.2 Å². The van der Waals surface area contributed by atoms with Crippen LogP contribution in [-0.4, -0.2) is 15.8 Å². The summed E-state index contributed by atoms with van der Waals surface area (Å²) in [6.07, 6.45) is 3.30. The molecule has 3 aromatic rings. The summed E-state index contributed by atoms with van der Waals surface area (Å²) in [6.45, 7) is 0. The van der Waals surface area contributed by atoms with Gasteiger partial charge in [-0.3, -0.25) is 10.2 Å². The molecule has 1 fully saturated rings. The van der Waals surface area contributed by atoms with E-state index in [0.29, 0.717) is 31.5 Å². The van der Waals surface area contributed by atoms with E-state index in [1.807, 2.05) is 6.07 Å². The van der Waals surface area contributed by atoms with Gasteiger partial charge < -0.3 is 4.42 Å². The number of thiazole rings is 1. The molecular formula is C18H10Cl2N2O2S2. The number of halogens is 2. The Morgan fingerprint density at radius 2 is 2.04 bits per heavy atom. The van der Waals surface area contributed by atoms with Crippen LogP contribution in [0.3, 0.4) is 0 Å². The van der Waals surface area contributed by atoms with Gasteiger partial charge in [0.05, 0.1) is 20.0 Å². The summed E-state index contributed by atoms with van der Waals surface area (Å²) in [4.78, 5) is 17.3. The number of aromatic nitrogens is 1. The maximum atomic E-state index is 12.6. The van der Waals surface area contributed by atoms with Crippen molar-refractivity contribution in [2.75, 3.05) is 0 Å². The minimum absolute atomic E-state index is 0.123. The molecule has 3 heterocycles. The van der Waals surface area contributed by atoms with E-state index in [2.05, 4.69) is 4.98 Å². The van der Waals surface area contributed by atoms with Crippen molar-refractivity contribution in [3.8, 4) is 11.3 Å². The molecule has 8 heteroatoms. The standard InChI is InChI=1S/C18H10Cl2N2O2S2/c19-11-3-1-9(7-12(11)20)13-4-2-10(24-13)8-14-16(23)15(17(21)26-14)18-22-5-6-25-18/h1-8,15,21H/b14-8-,21-17?/t15-/m0/s1. The van der Waals surface area contributed by atoms with Crippen molar-refractivity contribution in [2.45, 2.75) is 5.92 Å². The molecule has 26 heavy (non-hydrogen) atoms. The van der Waals surface area contributed by atoms with Crippen molar-refractivity contribution in [2.24, 2.45) is 0 Å².